The van der Waals surface area contributed by atoms with Gasteiger partial charge in [-0.25, -0.2) is 0 Å². The molecule has 3 unspecified atom stereocenters. The lowest BCUT2D eigenvalue weighted by Crippen LogP contribution is -2.79. The Labute approximate surface area is 98.9 Å². The SMILES string of the molecule is CCCCO[C@H]1OC2(CC)NC(C1C)[C@H]2C. The van der Waals surface area contributed by atoms with Crippen LogP contribution >= 0.6 is 0 Å². The number of fused-ring (bicyclic) bond motifs is 2. The quantitative estimate of drug-likeness (QED) is 0.732. The fraction of sp³-hybridized carbons (Fsp3) is 1.00. The molecule has 1 N–H and O–H groups in total. The maximum absolute atomic E-state index is 6.13. The van der Waals surface area contributed by atoms with E-state index in [0.717, 1.165) is 19.4 Å². The molecule has 3 nitrogen and oxygen atoms in total. The summed E-state index contributed by atoms with van der Waals surface area (Å²) in [5.74, 6) is 1.07. The Hall–Kier alpha value is -0.120. The molecule has 5 atom stereocenters. The third kappa shape index (κ3) is 1.79. The van der Waals surface area contributed by atoms with Crippen LogP contribution in [0.5, 0.6) is 0 Å². The minimum absolute atomic E-state index is 0.00560. The summed E-state index contributed by atoms with van der Waals surface area (Å²) >= 11 is 0. The van der Waals surface area contributed by atoms with Gasteiger partial charge in [0.05, 0.1) is 0 Å². The first-order valence-corrected chi connectivity index (χ1v) is 6.71. The van der Waals surface area contributed by atoms with Gasteiger partial charge in [0.25, 0.3) is 0 Å². The van der Waals surface area contributed by atoms with Crippen molar-refractivity contribution in [3.63, 3.8) is 0 Å². The lowest BCUT2D eigenvalue weighted by Gasteiger charge is -2.63. The van der Waals surface area contributed by atoms with Gasteiger partial charge in [-0.15, -0.1) is 0 Å². The van der Waals surface area contributed by atoms with Crippen LogP contribution in [-0.4, -0.2) is 24.7 Å². The molecule has 0 aromatic carbocycles. The third-order valence-corrected chi connectivity index (χ3v) is 4.31. The Morgan fingerprint density at radius 1 is 1.31 bits per heavy atom. The summed E-state index contributed by atoms with van der Waals surface area (Å²) in [4.78, 5) is 0. The number of unbranched alkanes of at least 4 members (excludes halogenated alkanes) is 1. The Morgan fingerprint density at radius 2 is 2.06 bits per heavy atom. The molecule has 0 aliphatic carbocycles. The molecule has 0 amide bonds. The van der Waals surface area contributed by atoms with E-state index in [1.165, 1.54) is 6.42 Å². The molecule has 0 spiro atoms. The lowest BCUT2D eigenvalue weighted by molar-refractivity contribution is -0.346. The van der Waals surface area contributed by atoms with Crippen molar-refractivity contribution in [1.82, 2.24) is 5.32 Å². The molecule has 0 radical (unpaired) electrons. The Balaban J connectivity index is 1.91. The highest BCUT2D eigenvalue weighted by Gasteiger charge is 2.59. The summed E-state index contributed by atoms with van der Waals surface area (Å²) in [6.07, 6.45) is 3.32. The highest BCUT2D eigenvalue weighted by molar-refractivity contribution is 5.08. The second-order valence-corrected chi connectivity index (χ2v) is 5.27. The molecule has 0 aromatic heterocycles. The van der Waals surface area contributed by atoms with E-state index >= 15 is 0 Å². The maximum Gasteiger partial charge on any atom is 0.163 e. The van der Waals surface area contributed by atoms with Gasteiger partial charge in [-0.05, 0) is 12.8 Å². The van der Waals surface area contributed by atoms with E-state index in [-0.39, 0.29) is 12.0 Å². The molecule has 3 fully saturated rings. The molecule has 3 saturated heterocycles. The smallest absolute Gasteiger partial charge is 0.163 e. The average molecular weight is 227 g/mol. The summed E-state index contributed by atoms with van der Waals surface area (Å²) in [5, 5.41) is 3.56. The van der Waals surface area contributed by atoms with Crippen LogP contribution in [0.15, 0.2) is 0 Å². The third-order valence-electron chi connectivity index (χ3n) is 4.31. The van der Waals surface area contributed by atoms with Gasteiger partial charge in [-0.1, -0.05) is 34.1 Å². The van der Waals surface area contributed by atoms with Crippen molar-refractivity contribution < 1.29 is 9.47 Å². The molecule has 0 aromatic rings. The fourth-order valence-corrected chi connectivity index (χ4v) is 2.98. The molecule has 16 heavy (non-hydrogen) atoms. The highest BCUT2D eigenvalue weighted by Crippen LogP contribution is 2.46. The monoisotopic (exact) mass is 227 g/mol. The van der Waals surface area contributed by atoms with Crippen LogP contribution in [0.1, 0.15) is 47.0 Å². The summed E-state index contributed by atoms with van der Waals surface area (Å²) in [6.45, 7) is 9.70. The molecular formula is C13H25NO2. The van der Waals surface area contributed by atoms with Crippen molar-refractivity contribution >= 4 is 0 Å². The number of hydrogen-bond acceptors (Lipinski definition) is 3. The van der Waals surface area contributed by atoms with Crippen molar-refractivity contribution in [2.24, 2.45) is 11.8 Å². The predicted octanol–water partition coefficient (Wildman–Crippen LogP) is 2.51. The normalized spacial score (nSPS) is 46.5. The molecule has 3 aliphatic rings. The van der Waals surface area contributed by atoms with E-state index in [2.05, 4.69) is 33.0 Å². The minimum atomic E-state index is -0.103. The summed E-state index contributed by atoms with van der Waals surface area (Å²) in [6, 6.07) is 0.570. The van der Waals surface area contributed by atoms with Crippen LogP contribution in [-0.2, 0) is 9.47 Å². The van der Waals surface area contributed by atoms with E-state index in [0.29, 0.717) is 17.9 Å². The van der Waals surface area contributed by atoms with Gasteiger partial charge in [0, 0.05) is 24.5 Å². The van der Waals surface area contributed by atoms with Crippen LogP contribution in [0.2, 0.25) is 0 Å². The van der Waals surface area contributed by atoms with Gasteiger partial charge < -0.3 is 9.47 Å². The Morgan fingerprint density at radius 3 is 2.62 bits per heavy atom. The number of ether oxygens (including phenoxy) is 2. The molecule has 0 saturated carbocycles. The zero-order chi connectivity index (χ0) is 11.8. The molecule has 94 valence electrons. The summed E-state index contributed by atoms with van der Waals surface area (Å²) < 4.78 is 12.0. The molecule has 3 heteroatoms. The molecule has 3 aliphatic heterocycles. The zero-order valence-electron chi connectivity index (χ0n) is 11.0. The lowest BCUT2D eigenvalue weighted by atomic mass is 9.70. The Bertz CT molecular complexity index is 246. The highest BCUT2D eigenvalue weighted by atomic mass is 16.7. The first-order valence-electron chi connectivity index (χ1n) is 6.71. The number of nitrogens with one attached hydrogen (secondary N) is 1. The van der Waals surface area contributed by atoms with E-state index in [1.54, 1.807) is 0 Å². The predicted molar refractivity (Wildman–Crippen MR) is 64.0 cm³/mol. The summed E-state index contributed by atoms with van der Waals surface area (Å²) in [5.41, 5.74) is -0.103. The fourth-order valence-electron chi connectivity index (χ4n) is 2.98. The van der Waals surface area contributed by atoms with Gasteiger partial charge >= 0.3 is 0 Å². The van der Waals surface area contributed by atoms with E-state index < -0.39 is 0 Å². The van der Waals surface area contributed by atoms with Crippen LogP contribution in [0.3, 0.4) is 0 Å². The largest absolute Gasteiger partial charge is 0.352 e. The van der Waals surface area contributed by atoms with Crippen molar-refractivity contribution in [3.8, 4) is 0 Å². The second-order valence-electron chi connectivity index (χ2n) is 5.27. The van der Waals surface area contributed by atoms with Crippen molar-refractivity contribution in [2.75, 3.05) is 6.61 Å². The molecule has 3 rings (SSSR count). The van der Waals surface area contributed by atoms with Crippen molar-refractivity contribution in [2.45, 2.75) is 65.0 Å². The standard InChI is InChI=1S/C13H25NO2/c1-5-7-8-15-12-9(3)11-10(4)13(6-2,14-11)16-12/h9-12,14H,5-8H2,1-4H3/t9?,10-,11?,12+,13?/m1/s1. The zero-order valence-corrected chi connectivity index (χ0v) is 11.0. The van der Waals surface area contributed by atoms with Gasteiger partial charge in [-0.2, -0.15) is 0 Å². The number of hydrogen-bond donors (Lipinski definition) is 1. The topological polar surface area (TPSA) is 30.5 Å². The van der Waals surface area contributed by atoms with Crippen LogP contribution in [0, 0.1) is 11.8 Å². The van der Waals surface area contributed by atoms with Gasteiger partial charge in [0.2, 0.25) is 0 Å². The molecule has 2 bridgehead atoms. The van der Waals surface area contributed by atoms with Gasteiger partial charge in [0.15, 0.2) is 6.29 Å². The molecule has 3 heterocycles. The van der Waals surface area contributed by atoms with Crippen LogP contribution in [0.25, 0.3) is 0 Å². The summed E-state index contributed by atoms with van der Waals surface area (Å²) in [7, 11) is 0. The maximum atomic E-state index is 6.13. The second kappa shape index (κ2) is 4.63. The van der Waals surface area contributed by atoms with Crippen LogP contribution < -0.4 is 5.32 Å². The van der Waals surface area contributed by atoms with Gasteiger partial charge in [-0.3, -0.25) is 5.32 Å². The van der Waals surface area contributed by atoms with E-state index in [1.807, 2.05) is 0 Å². The van der Waals surface area contributed by atoms with E-state index in [4.69, 9.17) is 9.47 Å². The van der Waals surface area contributed by atoms with Crippen molar-refractivity contribution in [1.29, 1.82) is 0 Å². The first-order chi connectivity index (χ1) is 7.64. The average Bonchev–Trinajstić information content (AvgIpc) is 2.30. The first kappa shape index (κ1) is 12.3. The van der Waals surface area contributed by atoms with Crippen LogP contribution in [0.4, 0.5) is 0 Å². The van der Waals surface area contributed by atoms with E-state index in [9.17, 15) is 0 Å². The van der Waals surface area contributed by atoms with Gasteiger partial charge in [0.1, 0.15) is 5.72 Å². The van der Waals surface area contributed by atoms with Crippen molar-refractivity contribution in [3.05, 3.63) is 0 Å². The Kier molecular flexibility index (Phi) is 3.57. The minimum Gasteiger partial charge on any atom is -0.352 e. The molecular weight excluding hydrogens is 202 g/mol. The number of rotatable bonds is 5.